The number of sulfonamides is 1. The van der Waals surface area contributed by atoms with E-state index in [1.807, 2.05) is 0 Å². The molecule has 0 saturated carbocycles. The van der Waals surface area contributed by atoms with Crippen LogP contribution in [0.25, 0.3) is 0 Å². The average Bonchev–Trinajstić information content (AvgIpc) is 2.54. The van der Waals surface area contributed by atoms with E-state index in [0.29, 0.717) is 6.54 Å². The molecule has 0 bridgehead atoms. The van der Waals surface area contributed by atoms with Crippen molar-refractivity contribution in [3.05, 3.63) is 60.2 Å². The molecule has 0 aromatic heterocycles. The number of carbonyl (C=O) groups excluding carboxylic acids is 1. The van der Waals surface area contributed by atoms with Crippen LogP contribution in [0.4, 0.5) is 14.5 Å². The SMILES string of the molecule is CCNC(=O)CN(c1ccc(F)cc1)S(=O)(=O)c1ccc(F)cc1. The van der Waals surface area contributed by atoms with Gasteiger partial charge in [-0.25, -0.2) is 17.2 Å². The third kappa shape index (κ3) is 4.08. The minimum atomic E-state index is -4.11. The largest absolute Gasteiger partial charge is 0.355 e. The van der Waals surface area contributed by atoms with E-state index in [9.17, 15) is 22.0 Å². The first-order valence-electron chi connectivity index (χ1n) is 7.15. The zero-order valence-corrected chi connectivity index (χ0v) is 13.7. The summed E-state index contributed by atoms with van der Waals surface area (Å²) in [6.07, 6.45) is 0. The molecule has 0 heterocycles. The minimum Gasteiger partial charge on any atom is -0.355 e. The van der Waals surface area contributed by atoms with E-state index in [1.165, 1.54) is 12.1 Å². The summed E-state index contributed by atoms with van der Waals surface area (Å²) in [4.78, 5) is 11.7. The van der Waals surface area contributed by atoms with E-state index < -0.39 is 34.1 Å². The molecule has 2 rings (SSSR count). The predicted octanol–water partition coefficient (Wildman–Crippen LogP) is 2.30. The number of nitrogens with one attached hydrogen (secondary N) is 1. The average molecular weight is 354 g/mol. The monoisotopic (exact) mass is 354 g/mol. The Hall–Kier alpha value is -2.48. The Kier molecular flexibility index (Phi) is 5.50. The molecule has 0 fully saturated rings. The summed E-state index contributed by atoms with van der Waals surface area (Å²) in [5.74, 6) is -1.62. The van der Waals surface area contributed by atoms with Gasteiger partial charge in [0.2, 0.25) is 5.91 Å². The van der Waals surface area contributed by atoms with Crippen molar-refractivity contribution in [2.45, 2.75) is 11.8 Å². The molecule has 5 nitrogen and oxygen atoms in total. The molecule has 1 N–H and O–H groups in total. The highest BCUT2D eigenvalue weighted by Gasteiger charge is 2.27. The van der Waals surface area contributed by atoms with E-state index in [1.54, 1.807) is 6.92 Å². The fraction of sp³-hybridized carbons (Fsp3) is 0.188. The first-order chi connectivity index (χ1) is 11.3. The van der Waals surface area contributed by atoms with Gasteiger partial charge in [-0.2, -0.15) is 0 Å². The Morgan fingerprint density at radius 1 is 1.00 bits per heavy atom. The van der Waals surface area contributed by atoms with Gasteiger partial charge in [0.1, 0.15) is 18.2 Å². The Bertz CT molecular complexity index is 806. The number of nitrogens with zero attached hydrogens (tertiary/aromatic N) is 1. The standard InChI is InChI=1S/C16H16F2N2O3S/c1-2-19-16(21)11-20(14-7-3-12(17)4-8-14)24(22,23)15-9-5-13(18)6-10-15/h3-10H,2,11H2,1H3,(H,19,21). The van der Waals surface area contributed by atoms with Gasteiger partial charge in [-0.15, -0.1) is 0 Å². The van der Waals surface area contributed by atoms with Gasteiger partial charge in [0, 0.05) is 6.54 Å². The fourth-order valence-corrected chi connectivity index (χ4v) is 3.46. The van der Waals surface area contributed by atoms with Gasteiger partial charge < -0.3 is 5.32 Å². The van der Waals surface area contributed by atoms with Crippen molar-refractivity contribution >= 4 is 21.6 Å². The number of amides is 1. The third-order valence-electron chi connectivity index (χ3n) is 3.18. The lowest BCUT2D eigenvalue weighted by Crippen LogP contribution is -2.40. The second-order valence-electron chi connectivity index (χ2n) is 4.90. The molecule has 1 amide bonds. The number of likely N-dealkylation sites (N-methyl/N-ethyl adjacent to an activating group) is 1. The number of rotatable bonds is 6. The fourth-order valence-electron chi connectivity index (χ4n) is 2.04. The lowest BCUT2D eigenvalue weighted by Gasteiger charge is -2.24. The summed E-state index contributed by atoms with van der Waals surface area (Å²) in [5, 5.41) is 2.51. The summed E-state index contributed by atoms with van der Waals surface area (Å²) in [6, 6.07) is 8.97. The molecule has 8 heteroatoms. The number of anilines is 1. The first kappa shape index (κ1) is 17.9. The second kappa shape index (κ2) is 7.39. The molecule has 0 saturated heterocycles. The molecular weight excluding hydrogens is 338 g/mol. The zero-order chi connectivity index (χ0) is 17.7. The summed E-state index contributed by atoms with van der Waals surface area (Å²) in [6.45, 7) is 1.57. The second-order valence-corrected chi connectivity index (χ2v) is 6.76. The smallest absolute Gasteiger partial charge is 0.264 e. The highest BCUT2D eigenvalue weighted by molar-refractivity contribution is 7.92. The first-order valence-corrected chi connectivity index (χ1v) is 8.59. The Morgan fingerprint density at radius 2 is 1.50 bits per heavy atom. The molecular formula is C16H16F2N2O3S. The van der Waals surface area contributed by atoms with Crippen LogP contribution < -0.4 is 9.62 Å². The zero-order valence-electron chi connectivity index (χ0n) is 12.9. The van der Waals surface area contributed by atoms with Gasteiger partial charge in [0.25, 0.3) is 10.0 Å². The van der Waals surface area contributed by atoms with Gasteiger partial charge in [-0.05, 0) is 55.5 Å². The van der Waals surface area contributed by atoms with Crippen molar-refractivity contribution in [2.75, 3.05) is 17.4 Å². The molecule has 0 aliphatic heterocycles. The highest BCUT2D eigenvalue weighted by Crippen LogP contribution is 2.24. The van der Waals surface area contributed by atoms with Gasteiger partial charge in [0.15, 0.2) is 0 Å². The van der Waals surface area contributed by atoms with Gasteiger partial charge in [-0.1, -0.05) is 0 Å². The molecule has 0 radical (unpaired) electrons. The Labute approximate surface area is 139 Å². The van der Waals surface area contributed by atoms with Crippen LogP contribution in [0.2, 0.25) is 0 Å². The van der Waals surface area contributed by atoms with Crippen LogP contribution in [0.3, 0.4) is 0 Å². The molecule has 0 unspecified atom stereocenters. The Morgan fingerprint density at radius 3 is 2.00 bits per heavy atom. The van der Waals surface area contributed by atoms with Crippen LogP contribution in [0.15, 0.2) is 53.4 Å². The van der Waals surface area contributed by atoms with Crippen LogP contribution in [0, 0.1) is 11.6 Å². The van der Waals surface area contributed by atoms with Gasteiger partial charge >= 0.3 is 0 Å². The van der Waals surface area contributed by atoms with E-state index in [4.69, 9.17) is 0 Å². The van der Waals surface area contributed by atoms with Crippen LogP contribution >= 0.6 is 0 Å². The van der Waals surface area contributed by atoms with Crippen molar-refractivity contribution in [3.63, 3.8) is 0 Å². The molecule has 0 spiro atoms. The summed E-state index contributed by atoms with van der Waals surface area (Å²) >= 11 is 0. The molecule has 2 aromatic rings. The quantitative estimate of drug-likeness (QED) is 0.866. The maximum absolute atomic E-state index is 13.1. The number of hydrogen-bond donors (Lipinski definition) is 1. The summed E-state index contributed by atoms with van der Waals surface area (Å²) < 4.78 is 52.6. The van der Waals surface area contributed by atoms with E-state index >= 15 is 0 Å². The van der Waals surface area contributed by atoms with Crippen molar-refractivity contribution < 1.29 is 22.0 Å². The van der Waals surface area contributed by atoms with Gasteiger partial charge in [-0.3, -0.25) is 9.10 Å². The maximum atomic E-state index is 13.1. The van der Waals surface area contributed by atoms with Crippen molar-refractivity contribution in [2.24, 2.45) is 0 Å². The van der Waals surface area contributed by atoms with Crippen LogP contribution in [-0.2, 0) is 14.8 Å². The van der Waals surface area contributed by atoms with E-state index in [0.717, 1.165) is 40.7 Å². The normalized spacial score (nSPS) is 11.1. The molecule has 0 atom stereocenters. The number of benzene rings is 2. The molecule has 128 valence electrons. The topological polar surface area (TPSA) is 66.5 Å². The lowest BCUT2D eigenvalue weighted by molar-refractivity contribution is -0.119. The number of carbonyl (C=O) groups is 1. The van der Waals surface area contributed by atoms with E-state index in [-0.39, 0.29) is 10.6 Å². The van der Waals surface area contributed by atoms with Crippen LogP contribution in [0.5, 0.6) is 0 Å². The summed E-state index contributed by atoms with van der Waals surface area (Å²) in [7, 11) is -4.11. The number of hydrogen-bond acceptors (Lipinski definition) is 3. The van der Waals surface area contributed by atoms with Crippen molar-refractivity contribution in [1.82, 2.24) is 5.32 Å². The lowest BCUT2D eigenvalue weighted by atomic mass is 10.3. The molecule has 2 aromatic carbocycles. The predicted molar refractivity (Wildman–Crippen MR) is 86.0 cm³/mol. The van der Waals surface area contributed by atoms with Crippen molar-refractivity contribution in [1.29, 1.82) is 0 Å². The third-order valence-corrected chi connectivity index (χ3v) is 4.97. The minimum absolute atomic E-state index is 0.131. The highest BCUT2D eigenvalue weighted by atomic mass is 32.2. The molecule has 0 aliphatic carbocycles. The van der Waals surface area contributed by atoms with E-state index in [2.05, 4.69) is 5.32 Å². The van der Waals surface area contributed by atoms with Crippen LogP contribution in [0.1, 0.15) is 6.92 Å². The van der Waals surface area contributed by atoms with Crippen molar-refractivity contribution in [3.8, 4) is 0 Å². The Balaban J connectivity index is 2.45. The molecule has 24 heavy (non-hydrogen) atoms. The summed E-state index contributed by atoms with van der Waals surface area (Å²) in [5.41, 5.74) is 0.131. The maximum Gasteiger partial charge on any atom is 0.264 e. The van der Waals surface area contributed by atoms with Gasteiger partial charge in [0.05, 0.1) is 10.6 Å². The van der Waals surface area contributed by atoms with Crippen LogP contribution in [-0.4, -0.2) is 27.4 Å². The molecule has 0 aliphatic rings. The number of halogens is 2.